The van der Waals surface area contributed by atoms with Crippen LogP contribution in [-0.4, -0.2) is 44.4 Å². The zero-order valence-corrected chi connectivity index (χ0v) is 22.1. The number of aromatic nitrogens is 6. The van der Waals surface area contributed by atoms with Crippen molar-refractivity contribution in [2.75, 3.05) is 6.26 Å². The lowest BCUT2D eigenvalue weighted by Crippen LogP contribution is -2.28. The molecule has 13 heteroatoms. The van der Waals surface area contributed by atoms with Crippen LogP contribution in [0.5, 0.6) is 11.8 Å². The van der Waals surface area contributed by atoms with Gasteiger partial charge >= 0.3 is 6.01 Å². The van der Waals surface area contributed by atoms with Crippen molar-refractivity contribution in [3.8, 4) is 22.3 Å². The minimum absolute atomic E-state index is 0.187. The summed E-state index contributed by atoms with van der Waals surface area (Å²) in [4.78, 5) is 12.5. The Labute approximate surface area is 216 Å². The number of rotatable bonds is 9. The van der Waals surface area contributed by atoms with Gasteiger partial charge in [0.1, 0.15) is 9.96 Å². The summed E-state index contributed by atoms with van der Waals surface area (Å²) in [5.41, 5.74) is 1.62. The number of sulfonamides is 1. The number of hydrogen-bond acceptors (Lipinski definition) is 9. The molecule has 4 heterocycles. The Balaban J connectivity index is 1.35. The molecule has 0 spiro atoms. The highest BCUT2D eigenvalue weighted by molar-refractivity contribution is 7.98. The standard InChI is InChI=1S/C23H23N7O3S3/c1-4-30-21(27-28-23(30)33-16-6-5-15-9-11-24-18(15)13-16)14(2)29-36(31,32)20-8-7-19(35-20)17-10-12-25-22(26-17)34-3/h5-14,24,29H,4H2,1-3H3/t14-/m1/s1. The Bertz CT molecular complexity index is 1620. The molecule has 0 aliphatic rings. The van der Waals surface area contributed by atoms with E-state index in [1.807, 2.05) is 43.6 Å². The highest BCUT2D eigenvalue weighted by Crippen LogP contribution is 2.31. The van der Waals surface area contributed by atoms with Crippen molar-refractivity contribution in [3.63, 3.8) is 0 Å². The molecule has 36 heavy (non-hydrogen) atoms. The van der Waals surface area contributed by atoms with E-state index < -0.39 is 16.1 Å². The zero-order valence-electron chi connectivity index (χ0n) is 19.7. The van der Waals surface area contributed by atoms with Crippen molar-refractivity contribution in [2.24, 2.45) is 0 Å². The van der Waals surface area contributed by atoms with Gasteiger partial charge in [-0.15, -0.1) is 16.4 Å². The molecule has 0 saturated carbocycles. The quantitative estimate of drug-likeness (QED) is 0.200. The van der Waals surface area contributed by atoms with Crippen molar-refractivity contribution >= 4 is 44.0 Å². The molecule has 0 aliphatic carbocycles. The number of aromatic amines is 1. The van der Waals surface area contributed by atoms with E-state index in [4.69, 9.17) is 4.74 Å². The Hall–Kier alpha value is -3.26. The van der Waals surface area contributed by atoms with Crippen LogP contribution in [0.4, 0.5) is 0 Å². The number of benzene rings is 1. The largest absolute Gasteiger partial charge is 0.424 e. The number of nitrogens with one attached hydrogen (secondary N) is 2. The normalized spacial score (nSPS) is 12.8. The average molecular weight is 542 g/mol. The summed E-state index contributed by atoms with van der Waals surface area (Å²) < 4.78 is 36.9. The molecular formula is C23H23N7O3S3. The first-order chi connectivity index (χ1) is 17.4. The van der Waals surface area contributed by atoms with Crippen molar-refractivity contribution in [3.05, 3.63) is 60.7 Å². The number of fused-ring (bicyclic) bond motifs is 1. The van der Waals surface area contributed by atoms with Crippen LogP contribution in [0, 0.1) is 0 Å². The first-order valence-corrected chi connectivity index (χ1v) is 14.6. The highest BCUT2D eigenvalue weighted by atomic mass is 32.2. The molecule has 0 fully saturated rings. The second kappa shape index (κ2) is 10.0. The second-order valence-electron chi connectivity index (χ2n) is 7.80. The average Bonchev–Trinajstić information content (AvgIpc) is 3.63. The van der Waals surface area contributed by atoms with Crippen molar-refractivity contribution in [1.82, 2.24) is 34.4 Å². The minimum atomic E-state index is -3.81. The summed E-state index contributed by atoms with van der Waals surface area (Å²) in [5, 5.41) is 10.1. The van der Waals surface area contributed by atoms with Gasteiger partial charge in [0.25, 0.3) is 10.0 Å². The summed E-state index contributed by atoms with van der Waals surface area (Å²) >= 11 is 2.57. The van der Waals surface area contributed by atoms with E-state index in [1.54, 1.807) is 35.9 Å². The third-order valence-corrected chi connectivity index (χ3v) is 9.13. The molecule has 2 N–H and O–H groups in total. The van der Waals surface area contributed by atoms with E-state index in [0.29, 0.717) is 29.0 Å². The number of hydrogen-bond donors (Lipinski definition) is 2. The van der Waals surface area contributed by atoms with Crippen LogP contribution in [-0.2, 0) is 16.6 Å². The summed E-state index contributed by atoms with van der Waals surface area (Å²) in [6, 6.07) is 12.4. The van der Waals surface area contributed by atoms with Gasteiger partial charge < -0.3 is 9.72 Å². The Morgan fingerprint density at radius 1 is 1.19 bits per heavy atom. The van der Waals surface area contributed by atoms with Gasteiger partial charge in [-0.05, 0) is 61.9 Å². The van der Waals surface area contributed by atoms with E-state index in [1.165, 1.54) is 11.8 Å². The number of H-pyrrole nitrogens is 1. The van der Waals surface area contributed by atoms with Crippen LogP contribution in [0.2, 0.25) is 0 Å². The molecule has 4 aromatic heterocycles. The maximum absolute atomic E-state index is 13.2. The molecule has 0 unspecified atom stereocenters. The first kappa shape index (κ1) is 24.4. The molecule has 5 aromatic rings. The van der Waals surface area contributed by atoms with Gasteiger partial charge in [0.05, 0.1) is 16.6 Å². The molecule has 0 aliphatic heterocycles. The van der Waals surface area contributed by atoms with Gasteiger partial charge in [-0.1, -0.05) is 16.9 Å². The maximum atomic E-state index is 13.2. The number of thioether (sulfide) groups is 1. The lowest BCUT2D eigenvalue weighted by molar-refractivity contribution is 0.408. The van der Waals surface area contributed by atoms with Gasteiger partial charge in [-0.25, -0.2) is 18.4 Å². The molecular weight excluding hydrogens is 519 g/mol. The predicted octanol–water partition coefficient (Wildman–Crippen LogP) is 4.85. The SMILES string of the molecule is CCn1c(Oc2ccc3cc[nH]c3c2)nnc1[C@@H](C)NS(=O)(=O)c1ccc(-c2ccnc(SC)n2)s1. The third-order valence-electron chi connectivity index (χ3n) is 5.43. The summed E-state index contributed by atoms with van der Waals surface area (Å²) in [6.07, 6.45) is 5.41. The molecule has 0 bridgehead atoms. The van der Waals surface area contributed by atoms with Gasteiger partial charge in [0.2, 0.25) is 0 Å². The van der Waals surface area contributed by atoms with Crippen molar-refractivity contribution in [1.29, 1.82) is 0 Å². The van der Waals surface area contributed by atoms with E-state index in [0.717, 1.165) is 27.1 Å². The fourth-order valence-electron chi connectivity index (χ4n) is 3.71. The lowest BCUT2D eigenvalue weighted by Gasteiger charge is -2.14. The van der Waals surface area contributed by atoms with Crippen LogP contribution in [0.3, 0.4) is 0 Å². The third kappa shape index (κ3) is 4.87. The van der Waals surface area contributed by atoms with E-state index in [-0.39, 0.29) is 10.2 Å². The zero-order chi connectivity index (χ0) is 25.3. The molecule has 0 amide bonds. The van der Waals surface area contributed by atoms with E-state index in [9.17, 15) is 8.42 Å². The molecule has 0 radical (unpaired) electrons. The van der Waals surface area contributed by atoms with Crippen LogP contribution >= 0.6 is 23.1 Å². The topological polar surface area (TPSA) is 128 Å². The van der Waals surface area contributed by atoms with Crippen molar-refractivity contribution < 1.29 is 13.2 Å². The number of ether oxygens (including phenoxy) is 1. The van der Waals surface area contributed by atoms with Gasteiger partial charge in [0, 0.05) is 30.5 Å². The Kier molecular flexibility index (Phi) is 6.79. The fourth-order valence-corrected chi connectivity index (χ4v) is 6.56. The highest BCUT2D eigenvalue weighted by Gasteiger charge is 2.25. The summed E-state index contributed by atoms with van der Waals surface area (Å²) in [6.45, 7) is 4.15. The fraction of sp³-hybridized carbons (Fsp3) is 0.217. The molecule has 1 atom stereocenters. The Morgan fingerprint density at radius 3 is 2.86 bits per heavy atom. The molecule has 10 nitrogen and oxygen atoms in total. The van der Waals surface area contributed by atoms with Crippen LogP contribution in [0.15, 0.2) is 64.2 Å². The van der Waals surface area contributed by atoms with Crippen LogP contribution < -0.4 is 9.46 Å². The Morgan fingerprint density at radius 2 is 2.06 bits per heavy atom. The van der Waals surface area contributed by atoms with E-state index >= 15 is 0 Å². The van der Waals surface area contributed by atoms with Crippen molar-refractivity contribution in [2.45, 2.75) is 35.8 Å². The maximum Gasteiger partial charge on any atom is 0.322 e. The molecule has 1 aromatic carbocycles. The molecule has 186 valence electrons. The van der Waals surface area contributed by atoms with Gasteiger partial charge in [-0.3, -0.25) is 4.57 Å². The minimum Gasteiger partial charge on any atom is -0.424 e. The molecule has 0 saturated heterocycles. The number of nitrogens with zero attached hydrogens (tertiary/aromatic N) is 5. The smallest absolute Gasteiger partial charge is 0.322 e. The summed E-state index contributed by atoms with van der Waals surface area (Å²) in [5.74, 6) is 1.06. The molecule has 5 rings (SSSR count). The van der Waals surface area contributed by atoms with Crippen LogP contribution in [0.25, 0.3) is 21.5 Å². The van der Waals surface area contributed by atoms with Gasteiger partial charge in [-0.2, -0.15) is 4.72 Å². The number of thiophene rings is 1. The first-order valence-electron chi connectivity index (χ1n) is 11.1. The van der Waals surface area contributed by atoms with Gasteiger partial charge in [0.15, 0.2) is 11.0 Å². The monoisotopic (exact) mass is 541 g/mol. The lowest BCUT2D eigenvalue weighted by atomic mass is 10.2. The van der Waals surface area contributed by atoms with Crippen LogP contribution in [0.1, 0.15) is 25.7 Å². The predicted molar refractivity (Wildman–Crippen MR) is 140 cm³/mol. The summed E-state index contributed by atoms with van der Waals surface area (Å²) in [7, 11) is -3.81. The van der Waals surface area contributed by atoms with E-state index in [2.05, 4.69) is 29.9 Å². The second-order valence-corrected chi connectivity index (χ2v) is 11.6.